The molecule has 2 aromatic carbocycles. The maximum atomic E-state index is 13.0. The lowest BCUT2D eigenvalue weighted by Gasteiger charge is -2.24. The Morgan fingerprint density at radius 2 is 1.74 bits per heavy atom. The zero-order valence-corrected chi connectivity index (χ0v) is 14.1. The Hall–Kier alpha value is -3.40. The second-order valence-corrected chi connectivity index (χ2v) is 5.97. The maximum absolute atomic E-state index is 13.0. The first kappa shape index (κ1) is 18.4. The van der Waals surface area contributed by atoms with Crippen LogP contribution in [0.5, 0.6) is 0 Å². The number of nitrogens with zero attached hydrogens (tertiary/aromatic N) is 3. The molecule has 0 bridgehead atoms. The highest BCUT2D eigenvalue weighted by atomic mass is 19.4. The van der Waals surface area contributed by atoms with E-state index in [2.05, 4.69) is 4.98 Å². The summed E-state index contributed by atoms with van der Waals surface area (Å²) >= 11 is 0. The molecule has 136 valence electrons. The Morgan fingerprint density at radius 1 is 1.04 bits per heavy atom. The topological polar surface area (TPSA) is 57.0 Å². The molecule has 0 atom stereocenters. The second-order valence-electron chi connectivity index (χ2n) is 5.97. The Labute approximate surface area is 153 Å². The monoisotopic (exact) mass is 369 g/mol. The number of amides is 1. The van der Waals surface area contributed by atoms with Gasteiger partial charge in [0.15, 0.2) is 0 Å². The van der Waals surface area contributed by atoms with Gasteiger partial charge in [0, 0.05) is 11.9 Å². The van der Waals surface area contributed by atoms with Crippen molar-refractivity contribution in [3.8, 4) is 6.07 Å². The predicted octanol–water partition coefficient (Wildman–Crippen LogP) is 4.31. The van der Waals surface area contributed by atoms with Crippen molar-refractivity contribution in [1.82, 2.24) is 9.88 Å². The summed E-state index contributed by atoms with van der Waals surface area (Å²) in [6, 6.07) is 18.1. The number of alkyl halides is 3. The summed E-state index contributed by atoms with van der Waals surface area (Å²) in [5.41, 5.74) is 1.37. The lowest BCUT2D eigenvalue weighted by molar-refractivity contribution is -0.141. The van der Waals surface area contributed by atoms with Crippen LogP contribution < -0.4 is 0 Å². The molecule has 0 radical (unpaired) electrons. The first-order valence-electron chi connectivity index (χ1n) is 8.06. The zero-order valence-electron chi connectivity index (χ0n) is 14.1. The van der Waals surface area contributed by atoms with E-state index in [1.165, 1.54) is 30.3 Å². The van der Waals surface area contributed by atoms with Crippen LogP contribution >= 0.6 is 0 Å². The molecule has 0 N–H and O–H groups in total. The third kappa shape index (κ3) is 4.61. The van der Waals surface area contributed by atoms with Gasteiger partial charge in [0.25, 0.3) is 5.91 Å². The van der Waals surface area contributed by atoms with E-state index in [0.29, 0.717) is 21.5 Å². The summed E-state index contributed by atoms with van der Waals surface area (Å²) in [5.74, 6) is -0.803. The van der Waals surface area contributed by atoms with E-state index in [9.17, 15) is 18.0 Å². The molecule has 4 nitrogen and oxygen atoms in total. The van der Waals surface area contributed by atoms with Crippen LogP contribution in [0.25, 0.3) is 10.9 Å². The number of pyridine rings is 1. The lowest BCUT2D eigenvalue weighted by atomic mass is 10.1. The third-order valence-electron chi connectivity index (χ3n) is 3.93. The highest BCUT2D eigenvalue weighted by molar-refractivity contribution is 5.94. The standard InChI is InChI=1S/C20H14F3N3O/c21-20(22,23)13-26(12-15-7-5-14(11-24)6-8-15)19(27)18-10-9-16-3-1-2-4-17(16)25-18/h1-10H,12-13H2. The molecule has 1 amide bonds. The van der Waals surface area contributed by atoms with Crippen molar-refractivity contribution in [2.24, 2.45) is 0 Å². The molecule has 0 unspecified atom stereocenters. The summed E-state index contributed by atoms with van der Waals surface area (Å²) < 4.78 is 39.0. The van der Waals surface area contributed by atoms with Gasteiger partial charge in [-0.05, 0) is 29.8 Å². The quantitative estimate of drug-likeness (QED) is 0.689. The fraction of sp³-hybridized carbons (Fsp3) is 0.150. The maximum Gasteiger partial charge on any atom is 0.406 e. The first-order valence-corrected chi connectivity index (χ1v) is 8.06. The molecular weight excluding hydrogens is 355 g/mol. The Kier molecular flexibility index (Phi) is 5.08. The van der Waals surface area contributed by atoms with Gasteiger partial charge in [-0.1, -0.05) is 36.4 Å². The van der Waals surface area contributed by atoms with E-state index in [-0.39, 0.29) is 12.2 Å². The molecule has 0 spiro atoms. The highest BCUT2D eigenvalue weighted by Gasteiger charge is 2.33. The molecule has 1 aromatic heterocycles. The number of carbonyl (C=O) groups excluding carboxylic acids is 1. The normalized spacial score (nSPS) is 11.2. The SMILES string of the molecule is N#Cc1ccc(CN(CC(F)(F)F)C(=O)c2ccc3ccccc3n2)cc1. The number of rotatable bonds is 4. The molecule has 0 aliphatic rings. The van der Waals surface area contributed by atoms with Gasteiger partial charge < -0.3 is 4.90 Å². The zero-order chi connectivity index (χ0) is 19.4. The molecule has 3 aromatic rings. The van der Waals surface area contributed by atoms with Crippen molar-refractivity contribution in [2.75, 3.05) is 6.54 Å². The van der Waals surface area contributed by atoms with E-state index in [0.717, 1.165) is 5.39 Å². The van der Waals surface area contributed by atoms with Gasteiger partial charge in [0.2, 0.25) is 0 Å². The van der Waals surface area contributed by atoms with E-state index in [1.807, 2.05) is 12.1 Å². The van der Waals surface area contributed by atoms with Crippen LogP contribution in [0.4, 0.5) is 13.2 Å². The molecule has 3 rings (SSSR count). The Morgan fingerprint density at radius 3 is 2.41 bits per heavy atom. The molecule has 1 heterocycles. The molecule has 0 saturated carbocycles. The van der Waals surface area contributed by atoms with E-state index < -0.39 is 18.6 Å². The van der Waals surface area contributed by atoms with Gasteiger partial charge in [0.1, 0.15) is 12.2 Å². The molecular formula is C20H14F3N3O. The van der Waals surface area contributed by atoms with E-state index in [1.54, 1.807) is 24.3 Å². The summed E-state index contributed by atoms with van der Waals surface area (Å²) in [5, 5.41) is 9.61. The van der Waals surface area contributed by atoms with Crippen LogP contribution in [0, 0.1) is 11.3 Å². The molecule has 0 aliphatic heterocycles. The first-order chi connectivity index (χ1) is 12.9. The van der Waals surface area contributed by atoms with Crippen LogP contribution in [0.2, 0.25) is 0 Å². The van der Waals surface area contributed by atoms with Gasteiger partial charge in [-0.25, -0.2) is 4.98 Å². The number of aromatic nitrogens is 1. The number of hydrogen-bond acceptors (Lipinski definition) is 3. The minimum absolute atomic E-state index is 0.0494. The minimum atomic E-state index is -4.54. The Balaban J connectivity index is 1.90. The average molecular weight is 369 g/mol. The summed E-state index contributed by atoms with van der Waals surface area (Å²) in [4.78, 5) is 17.6. The number of para-hydroxylation sites is 1. The van der Waals surface area contributed by atoms with Crippen molar-refractivity contribution in [3.05, 3.63) is 77.5 Å². The number of carbonyl (C=O) groups is 1. The van der Waals surface area contributed by atoms with Crippen LogP contribution in [0.1, 0.15) is 21.6 Å². The van der Waals surface area contributed by atoms with Crippen LogP contribution in [0.15, 0.2) is 60.7 Å². The van der Waals surface area contributed by atoms with Crippen LogP contribution in [0.3, 0.4) is 0 Å². The summed E-state index contributed by atoms with van der Waals surface area (Å²) in [6.07, 6.45) is -4.54. The largest absolute Gasteiger partial charge is 0.406 e. The van der Waals surface area contributed by atoms with Gasteiger partial charge >= 0.3 is 6.18 Å². The van der Waals surface area contributed by atoms with Gasteiger partial charge in [0.05, 0.1) is 17.1 Å². The summed E-state index contributed by atoms with van der Waals surface area (Å²) in [7, 11) is 0. The molecule has 0 saturated heterocycles. The molecule has 7 heteroatoms. The van der Waals surface area contributed by atoms with Crippen LogP contribution in [-0.4, -0.2) is 28.5 Å². The van der Waals surface area contributed by atoms with Gasteiger partial charge in [-0.3, -0.25) is 4.79 Å². The highest BCUT2D eigenvalue weighted by Crippen LogP contribution is 2.21. The fourth-order valence-electron chi connectivity index (χ4n) is 2.67. The molecule has 27 heavy (non-hydrogen) atoms. The Bertz CT molecular complexity index is 1010. The number of fused-ring (bicyclic) bond motifs is 1. The van der Waals surface area contributed by atoms with Crippen molar-refractivity contribution in [2.45, 2.75) is 12.7 Å². The number of hydrogen-bond donors (Lipinski definition) is 0. The number of nitriles is 1. The number of halogens is 3. The fourth-order valence-corrected chi connectivity index (χ4v) is 2.67. The number of benzene rings is 2. The van der Waals surface area contributed by atoms with E-state index in [4.69, 9.17) is 5.26 Å². The smallest absolute Gasteiger partial charge is 0.324 e. The predicted molar refractivity (Wildman–Crippen MR) is 93.7 cm³/mol. The minimum Gasteiger partial charge on any atom is -0.324 e. The van der Waals surface area contributed by atoms with Crippen LogP contribution in [-0.2, 0) is 6.54 Å². The van der Waals surface area contributed by atoms with Crippen molar-refractivity contribution < 1.29 is 18.0 Å². The summed E-state index contributed by atoms with van der Waals surface area (Å²) in [6.45, 7) is -1.63. The second kappa shape index (κ2) is 7.46. The van der Waals surface area contributed by atoms with Gasteiger partial charge in [-0.2, -0.15) is 18.4 Å². The molecule has 0 aliphatic carbocycles. The van der Waals surface area contributed by atoms with E-state index >= 15 is 0 Å². The molecule has 0 fully saturated rings. The lowest BCUT2D eigenvalue weighted by Crippen LogP contribution is -2.38. The van der Waals surface area contributed by atoms with Crippen molar-refractivity contribution in [3.63, 3.8) is 0 Å². The van der Waals surface area contributed by atoms with Gasteiger partial charge in [-0.15, -0.1) is 0 Å². The van der Waals surface area contributed by atoms with Crippen molar-refractivity contribution >= 4 is 16.8 Å². The average Bonchev–Trinajstić information content (AvgIpc) is 2.66. The van der Waals surface area contributed by atoms with Crippen molar-refractivity contribution in [1.29, 1.82) is 5.26 Å². The third-order valence-corrected chi connectivity index (χ3v) is 3.93.